The number of fused-ring (bicyclic) bond motifs is 1. The zero-order valence-electron chi connectivity index (χ0n) is 13.1. The number of benzene rings is 1. The Balaban J connectivity index is 1.70. The van der Waals surface area contributed by atoms with Gasteiger partial charge < -0.3 is 4.74 Å². The van der Waals surface area contributed by atoms with Gasteiger partial charge in [-0.1, -0.05) is 18.2 Å². The molecule has 0 atom stereocenters. The first-order valence-electron chi connectivity index (χ1n) is 7.58. The molecular weight excluding hydrogens is 302 g/mol. The van der Waals surface area contributed by atoms with Crippen LogP contribution in [0.15, 0.2) is 60.9 Å². The molecule has 0 spiro atoms. The van der Waals surface area contributed by atoms with E-state index in [1.54, 1.807) is 24.0 Å². The molecule has 0 unspecified atom stereocenters. The molecule has 6 heteroatoms. The van der Waals surface area contributed by atoms with Crippen molar-refractivity contribution in [2.75, 3.05) is 7.11 Å². The number of hydrogen-bond acceptors (Lipinski definition) is 5. The lowest BCUT2D eigenvalue weighted by Gasteiger charge is -2.02. The van der Waals surface area contributed by atoms with Crippen LogP contribution in [0.3, 0.4) is 0 Å². The summed E-state index contributed by atoms with van der Waals surface area (Å²) in [6.07, 6.45) is 4.12. The van der Waals surface area contributed by atoms with E-state index in [0.717, 1.165) is 28.5 Å². The van der Waals surface area contributed by atoms with Crippen LogP contribution < -0.4 is 4.74 Å². The quantitative estimate of drug-likeness (QED) is 0.579. The standard InChI is InChI=1S/C18H15N5O/c1-24-14-7-5-13(6-8-14)12-17-21-18-20-11-9-16(23(18)22-17)15-4-2-3-10-19-15/h2-11H,12H2,1H3. The summed E-state index contributed by atoms with van der Waals surface area (Å²) in [6.45, 7) is 0. The van der Waals surface area contributed by atoms with Crippen LogP contribution in [0.25, 0.3) is 17.2 Å². The molecule has 0 amide bonds. The molecule has 0 saturated carbocycles. The average Bonchev–Trinajstić information content (AvgIpc) is 3.05. The molecule has 0 aliphatic carbocycles. The van der Waals surface area contributed by atoms with E-state index in [2.05, 4.69) is 20.1 Å². The highest BCUT2D eigenvalue weighted by atomic mass is 16.5. The van der Waals surface area contributed by atoms with E-state index >= 15 is 0 Å². The van der Waals surface area contributed by atoms with E-state index in [-0.39, 0.29) is 0 Å². The molecule has 0 radical (unpaired) electrons. The summed E-state index contributed by atoms with van der Waals surface area (Å²) in [6, 6.07) is 15.6. The highest BCUT2D eigenvalue weighted by Gasteiger charge is 2.11. The van der Waals surface area contributed by atoms with Gasteiger partial charge in [0, 0.05) is 18.8 Å². The Hall–Kier alpha value is -3.28. The fraction of sp³-hybridized carbons (Fsp3) is 0.111. The third-order valence-electron chi connectivity index (χ3n) is 3.73. The summed E-state index contributed by atoms with van der Waals surface area (Å²) in [5.74, 6) is 2.12. The molecule has 1 aromatic carbocycles. The Morgan fingerprint density at radius 1 is 0.958 bits per heavy atom. The van der Waals surface area contributed by atoms with Crippen molar-refractivity contribution in [2.45, 2.75) is 6.42 Å². The summed E-state index contributed by atoms with van der Waals surface area (Å²) in [5, 5.41) is 4.60. The fourth-order valence-electron chi connectivity index (χ4n) is 2.54. The first-order chi connectivity index (χ1) is 11.8. The van der Waals surface area contributed by atoms with Crippen molar-refractivity contribution in [2.24, 2.45) is 0 Å². The highest BCUT2D eigenvalue weighted by Crippen LogP contribution is 2.18. The third kappa shape index (κ3) is 2.69. The lowest BCUT2D eigenvalue weighted by atomic mass is 10.1. The van der Waals surface area contributed by atoms with E-state index in [1.165, 1.54) is 0 Å². The van der Waals surface area contributed by atoms with Gasteiger partial charge in [0.25, 0.3) is 5.78 Å². The van der Waals surface area contributed by atoms with Crippen molar-refractivity contribution in [1.82, 2.24) is 24.6 Å². The third-order valence-corrected chi connectivity index (χ3v) is 3.73. The predicted octanol–water partition coefficient (Wildman–Crippen LogP) is 2.79. The molecule has 118 valence electrons. The van der Waals surface area contributed by atoms with Crippen LogP contribution in [0.1, 0.15) is 11.4 Å². The van der Waals surface area contributed by atoms with Crippen molar-refractivity contribution in [3.05, 3.63) is 72.3 Å². The molecule has 3 aromatic heterocycles. The van der Waals surface area contributed by atoms with Gasteiger partial charge in [-0.25, -0.2) is 4.98 Å². The summed E-state index contributed by atoms with van der Waals surface area (Å²) < 4.78 is 6.92. The molecule has 6 nitrogen and oxygen atoms in total. The molecule has 0 aliphatic rings. The maximum atomic E-state index is 5.18. The summed E-state index contributed by atoms with van der Waals surface area (Å²) in [7, 11) is 1.66. The maximum Gasteiger partial charge on any atom is 0.253 e. The van der Waals surface area contributed by atoms with Gasteiger partial charge in [0.15, 0.2) is 5.82 Å². The maximum absolute atomic E-state index is 5.18. The van der Waals surface area contributed by atoms with Gasteiger partial charge in [0.2, 0.25) is 0 Å². The second-order valence-corrected chi connectivity index (χ2v) is 5.31. The number of aromatic nitrogens is 5. The van der Waals surface area contributed by atoms with E-state index in [1.807, 2.05) is 48.5 Å². The molecule has 4 aromatic rings. The second-order valence-electron chi connectivity index (χ2n) is 5.31. The average molecular weight is 317 g/mol. The number of pyridine rings is 1. The van der Waals surface area contributed by atoms with Crippen molar-refractivity contribution < 1.29 is 4.74 Å². The Morgan fingerprint density at radius 2 is 1.83 bits per heavy atom. The topological polar surface area (TPSA) is 65.2 Å². The van der Waals surface area contributed by atoms with Crippen molar-refractivity contribution in [1.29, 1.82) is 0 Å². The fourth-order valence-corrected chi connectivity index (χ4v) is 2.54. The number of rotatable bonds is 4. The molecule has 0 fully saturated rings. The van der Waals surface area contributed by atoms with Crippen LogP contribution in [0.5, 0.6) is 5.75 Å². The van der Waals surface area contributed by atoms with Gasteiger partial charge in [0.1, 0.15) is 5.75 Å². The lowest BCUT2D eigenvalue weighted by Crippen LogP contribution is -1.97. The van der Waals surface area contributed by atoms with E-state index in [0.29, 0.717) is 12.2 Å². The predicted molar refractivity (Wildman–Crippen MR) is 89.8 cm³/mol. The van der Waals surface area contributed by atoms with Crippen molar-refractivity contribution in [3.63, 3.8) is 0 Å². The van der Waals surface area contributed by atoms with E-state index in [4.69, 9.17) is 4.74 Å². The summed E-state index contributed by atoms with van der Waals surface area (Å²) >= 11 is 0. The minimum Gasteiger partial charge on any atom is -0.497 e. The second kappa shape index (κ2) is 6.08. The van der Waals surface area contributed by atoms with Gasteiger partial charge in [-0.15, -0.1) is 5.10 Å². The van der Waals surface area contributed by atoms with Crippen LogP contribution in [-0.4, -0.2) is 31.7 Å². The smallest absolute Gasteiger partial charge is 0.253 e. The summed E-state index contributed by atoms with van der Waals surface area (Å²) in [5.41, 5.74) is 2.82. The SMILES string of the molecule is COc1ccc(Cc2nc3nccc(-c4ccccn4)n3n2)cc1. The Morgan fingerprint density at radius 3 is 2.58 bits per heavy atom. The van der Waals surface area contributed by atoms with Gasteiger partial charge in [-0.05, 0) is 35.9 Å². The number of ether oxygens (including phenoxy) is 1. The Labute approximate surface area is 138 Å². The minimum absolute atomic E-state index is 0.571. The van der Waals surface area contributed by atoms with Crippen molar-refractivity contribution in [3.8, 4) is 17.1 Å². The number of hydrogen-bond donors (Lipinski definition) is 0. The molecule has 0 N–H and O–H groups in total. The molecular formula is C18H15N5O. The monoisotopic (exact) mass is 317 g/mol. The molecule has 3 heterocycles. The van der Waals surface area contributed by atoms with Gasteiger partial charge >= 0.3 is 0 Å². The number of methoxy groups -OCH3 is 1. The van der Waals surface area contributed by atoms with Gasteiger partial charge in [-0.3, -0.25) is 4.98 Å². The highest BCUT2D eigenvalue weighted by molar-refractivity contribution is 5.56. The summed E-state index contributed by atoms with van der Waals surface area (Å²) in [4.78, 5) is 13.2. The van der Waals surface area contributed by atoms with Gasteiger partial charge in [0.05, 0.1) is 18.5 Å². The molecule has 4 rings (SSSR count). The van der Waals surface area contributed by atoms with Gasteiger partial charge in [-0.2, -0.15) is 9.50 Å². The number of nitrogens with zero attached hydrogens (tertiary/aromatic N) is 5. The lowest BCUT2D eigenvalue weighted by molar-refractivity contribution is 0.414. The van der Waals surface area contributed by atoms with Crippen LogP contribution >= 0.6 is 0 Å². The zero-order valence-corrected chi connectivity index (χ0v) is 13.1. The van der Waals surface area contributed by atoms with Crippen LogP contribution in [0, 0.1) is 0 Å². The van der Waals surface area contributed by atoms with Crippen molar-refractivity contribution >= 4 is 5.78 Å². The first-order valence-corrected chi connectivity index (χ1v) is 7.58. The Kier molecular flexibility index (Phi) is 3.63. The first kappa shape index (κ1) is 14.3. The molecule has 0 saturated heterocycles. The largest absolute Gasteiger partial charge is 0.497 e. The van der Waals surface area contributed by atoms with E-state index < -0.39 is 0 Å². The van der Waals surface area contributed by atoms with Crippen LogP contribution in [0.2, 0.25) is 0 Å². The van der Waals surface area contributed by atoms with Crippen LogP contribution in [0.4, 0.5) is 0 Å². The minimum atomic E-state index is 0.571. The molecule has 24 heavy (non-hydrogen) atoms. The van der Waals surface area contributed by atoms with E-state index in [9.17, 15) is 0 Å². The van der Waals surface area contributed by atoms with Crippen LogP contribution in [-0.2, 0) is 6.42 Å². The zero-order chi connectivity index (χ0) is 16.4. The molecule has 0 aliphatic heterocycles. The Bertz CT molecular complexity index is 964. The molecule has 0 bridgehead atoms. The normalized spacial score (nSPS) is 10.9.